The van der Waals surface area contributed by atoms with Gasteiger partial charge >= 0.3 is 0 Å². The molecule has 1 heterocycles. The average Bonchev–Trinajstić information content (AvgIpc) is 2.66. The molecule has 27 heavy (non-hydrogen) atoms. The van der Waals surface area contributed by atoms with E-state index in [0.29, 0.717) is 16.8 Å². The lowest BCUT2D eigenvalue weighted by Crippen LogP contribution is -2.39. The normalized spacial score (nSPS) is 10.6. The number of amides is 2. The van der Waals surface area contributed by atoms with E-state index in [-0.39, 0.29) is 30.5 Å². The van der Waals surface area contributed by atoms with Crippen LogP contribution in [0.4, 0.5) is 5.69 Å². The predicted octanol–water partition coefficient (Wildman–Crippen LogP) is 1.80. The number of fused-ring (bicyclic) bond motifs is 1. The standard InChI is InChI=1S/C20H20N4O3/c1-14-16-10-6-7-11-17(16)20(27)24(22-14)13-19(26)23(2)12-18(25)21-15-8-4-3-5-9-15/h3-11H,12-13H2,1-2H3,(H,21,25). The number of carbonyl (C=O) groups is 2. The molecule has 7 heteroatoms. The zero-order valence-electron chi connectivity index (χ0n) is 15.2. The van der Waals surface area contributed by atoms with Crippen LogP contribution in [0.25, 0.3) is 10.8 Å². The summed E-state index contributed by atoms with van der Waals surface area (Å²) in [7, 11) is 1.52. The van der Waals surface area contributed by atoms with Gasteiger partial charge in [-0.3, -0.25) is 14.4 Å². The number of benzene rings is 2. The van der Waals surface area contributed by atoms with Crippen LogP contribution in [0.2, 0.25) is 0 Å². The summed E-state index contributed by atoms with van der Waals surface area (Å²) in [4.78, 5) is 38.4. The molecule has 0 saturated heterocycles. The Labute approximate surface area is 156 Å². The fraction of sp³-hybridized carbons (Fsp3) is 0.200. The number of hydrogen-bond donors (Lipinski definition) is 1. The number of para-hydroxylation sites is 1. The molecular weight excluding hydrogens is 344 g/mol. The molecule has 2 aromatic carbocycles. The number of aryl methyl sites for hydroxylation is 1. The van der Waals surface area contributed by atoms with Crippen molar-refractivity contribution in [2.45, 2.75) is 13.5 Å². The molecule has 3 rings (SSSR count). The Hall–Kier alpha value is -3.48. The SMILES string of the molecule is Cc1nn(CC(=O)N(C)CC(=O)Nc2ccccc2)c(=O)c2ccccc12. The molecule has 138 valence electrons. The highest BCUT2D eigenvalue weighted by Gasteiger charge is 2.16. The van der Waals surface area contributed by atoms with Crippen LogP contribution in [0.1, 0.15) is 5.69 Å². The van der Waals surface area contributed by atoms with E-state index in [0.717, 1.165) is 10.1 Å². The molecule has 0 radical (unpaired) electrons. The summed E-state index contributed by atoms with van der Waals surface area (Å²) in [5.41, 5.74) is 1.00. The monoisotopic (exact) mass is 364 g/mol. The third-order valence-corrected chi connectivity index (χ3v) is 4.20. The fourth-order valence-corrected chi connectivity index (χ4v) is 2.79. The van der Waals surface area contributed by atoms with Gasteiger partial charge in [-0.05, 0) is 25.1 Å². The topological polar surface area (TPSA) is 84.3 Å². The van der Waals surface area contributed by atoms with E-state index < -0.39 is 0 Å². The number of aromatic nitrogens is 2. The third kappa shape index (κ3) is 4.20. The van der Waals surface area contributed by atoms with Gasteiger partial charge in [0.05, 0.1) is 17.6 Å². The molecular formula is C20H20N4O3. The maximum Gasteiger partial charge on any atom is 0.275 e. The van der Waals surface area contributed by atoms with Crippen LogP contribution in [0, 0.1) is 6.92 Å². The molecule has 0 fully saturated rings. The maximum atomic E-state index is 12.6. The van der Waals surface area contributed by atoms with Crippen molar-refractivity contribution in [2.24, 2.45) is 0 Å². The second-order valence-electron chi connectivity index (χ2n) is 6.26. The summed E-state index contributed by atoms with van der Waals surface area (Å²) < 4.78 is 1.14. The number of rotatable bonds is 5. The van der Waals surface area contributed by atoms with Gasteiger partial charge in [0.2, 0.25) is 11.8 Å². The van der Waals surface area contributed by atoms with Crippen molar-refractivity contribution in [1.29, 1.82) is 0 Å². The van der Waals surface area contributed by atoms with Crippen LogP contribution < -0.4 is 10.9 Å². The summed E-state index contributed by atoms with van der Waals surface area (Å²) in [6.07, 6.45) is 0. The molecule has 7 nitrogen and oxygen atoms in total. The minimum absolute atomic E-state index is 0.116. The number of anilines is 1. The van der Waals surface area contributed by atoms with E-state index in [2.05, 4.69) is 10.4 Å². The highest BCUT2D eigenvalue weighted by atomic mass is 16.2. The molecule has 0 bridgehead atoms. The lowest BCUT2D eigenvalue weighted by molar-refractivity contribution is -0.134. The molecule has 0 aliphatic rings. The Morgan fingerprint density at radius 3 is 2.37 bits per heavy atom. The van der Waals surface area contributed by atoms with Gasteiger partial charge in [0.25, 0.3) is 5.56 Å². The molecule has 2 amide bonds. The van der Waals surface area contributed by atoms with Gasteiger partial charge in [0, 0.05) is 18.1 Å². The number of hydrogen-bond acceptors (Lipinski definition) is 4. The zero-order valence-corrected chi connectivity index (χ0v) is 15.2. The third-order valence-electron chi connectivity index (χ3n) is 4.20. The average molecular weight is 364 g/mol. The van der Waals surface area contributed by atoms with Gasteiger partial charge in [-0.2, -0.15) is 5.10 Å². The van der Waals surface area contributed by atoms with Crippen molar-refractivity contribution in [3.63, 3.8) is 0 Å². The summed E-state index contributed by atoms with van der Waals surface area (Å²) >= 11 is 0. The van der Waals surface area contributed by atoms with E-state index in [9.17, 15) is 14.4 Å². The maximum absolute atomic E-state index is 12.6. The quantitative estimate of drug-likeness (QED) is 0.748. The first-order valence-electron chi connectivity index (χ1n) is 8.51. The molecule has 0 aliphatic carbocycles. The van der Waals surface area contributed by atoms with Crippen molar-refractivity contribution in [1.82, 2.24) is 14.7 Å². The van der Waals surface area contributed by atoms with Gasteiger partial charge in [0.1, 0.15) is 6.54 Å². The predicted molar refractivity (Wildman–Crippen MR) is 103 cm³/mol. The first kappa shape index (κ1) is 18.3. The summed E-state index contributed by atoms with van der Waals surface area (Å²) in [6.45, 7) is 1.45. The largest absolute Gasteiger partial charge is 0.335 e. The first-order valence-corrected chi connectivity index (χ1v) is 8.51. The van der Waals surface area contributed by atoms with Crippen LogP contribution in [0.15, 0.2) is 59.4 Å². The highest BCUT2D eigenvalue weighted by Crippen LogP contribution is 2.11. The molecule has 1 aromatic heterocycles. The van der Waals surface area contributed by atoms with E-state index >= 15 is 0 Å². The molecule has 0 unspecified atom stereocenters. The van der Waals surface area contributed by atoms with Crippen molar-refractivity contribution in [3.05, 3.63) is 70.6 Å². The Morgan fingerprint density at radius 1 is 1.04 bits per heavy atom. The lowest BCUT2D eigenvalue weighted by atomic mass is 10.1. The minimum atomic E-state index is -0.373. The Bertz CT molecular complexity index is 1040. The number of likely N-dealkylation sites (N-methyl/N-ethyl adjacent to an activating group) is 1. The smallest absolute Gasteiger partial charge is 0.275 e. The summed E-state index contributed by atoms with van der Waals surface area (Å²) in [5, 5.41) is 8.23. The molecule has 0 atom stereocenters. The van der Waals surface area contributed by atoms with E-state index in [1.54, 1.807) is 31.2 Å². The lowest BCUT2D eigenvalue weighted by Gasteiger charge is -2.17. The molecule has 3 aromatic rings. The van der Waals surface area contributed by atoms with Crippen LogP contribution in [-0.2, 0) is 16.1 Å². The minimum Gasteiger partial charge on any atom is -0.335 e. The summed E-state index contributed by atoms with van der Waals surface area (Å²) in [5.74, 6) is -0.686. The van der Waals surface area contributed by atoms with Crippen LogP contribution in [0.3, 0.4) is 0 Å². The second kappa shape index (κ2) is 7.82. The Kier molecular flexibility index (Phi) is 5.30. The van der Waals surface area contributed by atoms with Gasteiger partial charge in [-0.1, -0.05) is 36.4 Å². The summed E-state index contributed by atoms with van der Waals surface area (Å²) in [6, 6.07) is 16.1. The Balaban J connectivity index is 1.70. The molecule has 0 spiro atoms. The van der Waals surface area contributed by atoms with Crippen molar-refractivity contribution in [2.75, 3.05) is 18.9 Å². The van der Waals surface area contributed by atoms with Crippen LogP contribution >= 0.6 is 0 Å². The van der Waals surface area contributed by atoms with Gasteiger partial charge < -0.3 is 10.2 Å². The van der Waals surface area contributed by atoms with Crippen molar-refractivity contribution >= 4 is 28.3 Å². The van der Waals surface area contributed by atoms with Gasteiger partial charge in [-0.25, -0.2) is 4.68 Å². The van der Waals surface area contributed by atoms with E-state index in [4.69, 9.17) is 0 Å². The van der Waals surface area contributed by atoms with Crippen molar-refractivity contribution in [3.8, 4) is 0 Å². The van der Waals surface area contributed by atoms with Crippen molar-refractivity contribution < 1.29 is 9.59 Å². The fourth-order valence-electron chi connectivity index (χ4n) is 2.79. The number of carbonyl (C=O) groups excluding carboxylic acids is 2. The highest BCUT2D eigenvalue weighted by molar-refractivity contribution is 5.94. The number of nitrogens with zero attached hydrogens (tertiary/aromatic N) is 3. The van der Waals surface area contributed by atoms with E-state index in [1.807, 2.05) is 30.3 Å². The van der Waals surface area contributed by atoms with E-state index in [1.165, 1.54) is 11.9 Å². The van der Waals surface area contributed by atoms with Gasteiger partial charge in [0.15, 0.2) is 0 Å². The van der Waals surface area contributed by atoms with Crippen LogP contribution in [-0.4, -0.2) is 40.1 Å². The molecule has 0 aliphatic heterocycles. The number of nitrogens with one attached hydrogen (secondary N) is 1. The van der Waals surface area contributed by atoms with Gasteiger partial charge in [-0.15, -0.1) is 0 Å². The molecule has 0 saturated carbocycles. The van der Waals surface area contributed by atoms with Crippen LogP contribution in [0.5, 0.6) is 0 Å². The first-order chi connectivity index (χ1) is 13.0. The zero-order chi connectivity index (χ0) is 19.4. The molecule has 1 N–H and O–H groups in total. The second-order valence-corrected chi connectivity index (χ2v) is 6.26. The Morgan fingerprint density at radius 2 is 1.67 bits per heavy atom.